The molecule has 0 N–H and O–H groups in total. The summed E-state index contributed by atoms with van der Waals surface area (Å²) in [6.07, 6.45) is 3.61. The van der Waals surface area contributed by atoms with Crippen LogP contribution >= 0.6 is 80.9 Å². The Bertz CT molecular complexity index is 1630. The van der Waals surface area contributed by atoms with Gasteiger partial charge in [0.2, 0.25) is 7.59 Å². The molecule has 0 saturated carbocycles. The second-order valence-corrected chi connectivity index (χ2v) is 25.6. The Morgan fingerprint density at radius 1 is 0.966 bits per heavy atom. The third kappa shape index (κ3) is 17.8. The van der Waals surface area contributed by atoms with E-state index in [1.165, 1.54) is 11.3 Å². The molecule has 58 heavy (non-hydrogen) atoms. The van der Waals surface area contributed by atoms with Gasteiger partial charge in [0.15, 0.2) is 8.32 Å². The monoisotopic (exact) mass is 967 g/mol. The van der Waals surface area contributed by atoms with Gasteiger partial charge in [-0.1, -0.05) is 142 Å². The summed E-state index contributed by atoms with van der Waals surface area (Å²) in [5, 5.41) is 2.26. The van der Waals surface area contributed by atoms with Crippen LogP contribution in [0, 0.1) is 17.3 Å². The summed E-state index contributed by atoms with van der Waals surface area (Å²) in [6, 6.07) is 2.34. The average molecular weight is 971 g/mol. The van der Waals surface area contributed by atoms with Crippen molar-refractivity contribution in [2.45, 2.75) is 132 Å². The minimum Gasteiger partial charge on any atom is -0.457 e. The average Bonchev–Trinajstić information content (AvgIpc) is 3.59. The van der Waals surface area contributed by atoms with Crippen molar-refractivity contribution in [2.75, 3.05) is 13.2 Å². The van der Waals surface area contributed by atoms with Crippen LogP contribution in [0.2, 0.25) is 18.1 Å². The minimum absolute atomic E-state index is 0.165. The first-order chi connectivity index (χ1) is 26.8. The summed E-state index contributed by atoms with van der Waals surface area (Å²) in [4.78, 5) is 58.0. The maximum Gasteiger partial charge on any atom is 0.508 e. The van der Waals surface area contributed by atoms with Gasteiger partial charge in [-0.2, -0.15) is 0 Å². The number of carbonyl (C=O) groups excluding carboxylic acids is 4. The molecule has 0 unspecified atom stereocenters. The first-order valence-electron chi connectivity index (χ1n) is 19.0. The van der Waals surface area contributed by atoms with E-state index in [-0.39, 0.29) is 24.7 Å². The van der Waals surface area contributed by atoms with Crippen LogP contribution in [-0.2, 0) is 44.3 Å². The Hall–Kier alpha value is -1.55. The van der Waals surface area contributed by atoms with Gasteiger partial charge < -0.3 is 28.1 Å². The molecule has 0 aliphatic carbocycles. The summed E-state index contributed by atoms with van der Waals surface area (Å²) in [7, 11) is -2.40. The van der Waals surface area contributed by atoms with Crippen LogP contribution in [0.5, 0.6) is 0 Å². The van der Waals surface area contributed by atoms with E-state index >= 15 is 0 Å². The third-order valence-electron chi connectivity index (χ3n) is 10.1. The fraction of sp³-hybridized carbons (Fsp3) is 0.667. The highest BCUT2D eigenvalue weighted by atomic mass is 35.6. The summed E-state index contributed by atoms with van der Waals surface area (Å²) in [6.45, 7) is 15.9. The molecule has 2 rings (SSSR count). The van der Waals surface area contributed by atoms with Gasteiger partial charge in [0, 0.05) is 17.2 Å². The molecule has 0 saturated heterocycles. The number of carbonyl (C=O) groups is 4. The van der Waals surface area contributed by atoms with Gasteiger partial charge in [0.05, 0.1) is 24.1 Å². The van der Waals surface area contributed by atoms with Crippen LogP contribution in [0.4, 0.5) is 9.59 Å². The zero-order valence-electron chi connectivity index (χ0n) is 34.3. The number of halogens is 6. The van der Waals surface area contributed by atoms with Gasteiger partial charge in [-0.05, 0) is 56.0 Å². The minimum atomic E-state index is -2.40. The number of cyclic esters (lactones) is 1. The van der Waals surface area contributed by atoms with E-state index in [1.54, 1.807) is 32.2 Å². The van der Waals surface area contributed by atoms with E-state index in [0.29, 0.717) is 29.1 Å². The van der Waals surface area contributed by atoms with Crippen LogP contribution in [0.15, 0.2) is 34.8 Å². The maximum atomic E-state index is 14.7. The van der Waals surface area contributed by atoms with Gasteiger partial charge in [-0.25, -0.2) is 14.6 Å². The molecule has 1 aliphatic heterocycles. The van der Waals surface area contributed by atoms with Gasteiger partial charge in [-0.15, -0.1) is 11.3 Å². The number of aromatic nitrogens is 1. The SMILES string of the molecule is CC[Si](CC)(CC)O[C@H]1CC(=O)O[C@H](/C(C)=C/c2csc(COC(=O)OCC(Cl)(Cl)Cl)n2)C/C=C(C)\C=C\C[C@H](C)[C@H](OC(=O)OCC(Cl)(Cl)Cl)[C@@H](C)C(=O)C1(C)C. The number of rotatable bonds is 12. The predicted octanol–water partition coefficient (Wildman–Crippen LogP) is 12.3. The fourth-order valence-corrected chi connectivity index (χ4v) is 10.3. The summed E-state index contributed by atoms with van der Waals surface area (Å²) >= 11 is 35.5. The van der Waals surface area contributed by atoms with E-state index in [2.05, 4.69) is 25.8 Å². The maximum absolute atomic E-state index is 14.7. The lowest BCUT2D eigenvalue weighted by atomic mass is 9.73. The Kier molecular flexibility index (Phi) is 21.4. The topological polar surface area (TPSA) is 137 Å². The van der Waals surface area contributed by atoms with Crippen molar-refractivity contribution in [3.63, 3.8) is 0 Å². The van der Waals surface area contributed by atoms with Crippen molar-refractivity contribution in [1.82, 2.24) is 4.98 Å². The highest BCUT2D eigenvalue weighted by molar-refractivity contribution is 7.09. The van der Waals surface area contributed by atoms with Crippen molar-refractivity contribution >= 4 is 119 Å². The quantitative estimate of drug-likeness (QED) is 0.0857. The van der Waals surface area contributed by atoms with Crippen LogP contribution in [0.3, 0.4) is 0 Å². The van der Waals surface area contributed by atoms with E-state index < -0.39 is 77.0 Å². The van der Waals surface area contributed by atoms with Gasteiger partial charge in [0.1, 0.15) is 42.8 Å². The number of alkyl halides is 6. The number of hydrogen-bond donors (Lipinski definition) is 0. The third-order valence-corrected chi connectivity index (χ3v) is 16.3. The zero-order chi connectivity index (χ0) is 44.1. The second-order valence-electron chi connectivity index (χ2n) is 14.9. The number of allylic oxidation sites excluding steroid dienone is 3. The first kappa shape index (κ1) is 52.6. The molecule has 2 heterocycles. The summed E-state index contributed by atoms with van der Waals surface area (Å²) < 4.78 is 30.3. The Balaban J connectivity index is 2.54. The van der Waals surface area contributed by atoms with Gasteiger partial charge in [0.25, 0.3) is 0 Å². The molecule has 0 spiro atoms. The number of thiazole rings is 1. The molecule has 1 aliphatic rings. The van der Waals surface area contributed by atoms with E-state index in [0.717, 1.165) is 23.7 Å². The molecular weight excluding hydrogens is 915 g/mol. The Morgan fingerprint density at radius 3 is 2.12 bits per heavy atom. The molecule has 0 radical (unpaired) electrons. The molecule has 5 atom stereocenters. The standard InChI is InChI=1S/C39H55Cl6NO10SSi/c1-10-58(11-2,12-3)56-30-19-32(47)54-29(26(6)18-28-21-57-31(46-28)20-51-35(49)52-22-38(40,41)42)17-16-24(4)14-13-15-25(5)33(27(7)34(48)37(30,8)9)55-36(50)53-23-39(43,44)45/h13-14,16,18,21,25,27,29-30,33H,10-12,15,17,19-20,22-23H2,1-9H3/b14-13+,24-16-,26-18+/t25-,27+,29-,30-,33-/m0/s1. The molecule has 0 amide bonds. The molecule has 1 aromatic heterocycles. The number of hydrogen-bond acceptors (Lipinski definition) is 12. The lowest BCUT2D eigenvalue weighted by Crippen LogP contribution is -2.52. The van der Waals surface area contributed by atoms with Crippen LogP contribution in [0.1, 0.15) is 92.3 Å². The molecule has 0 fully saturated rings. The number of esters is 1. The molecule has 328 valence electrons. The molecular formula is C39H55Cl6NO10SSi. The van der Waals surface area contributed by atoms with Crippen molar-refractivity contribution in [3.8, 4) is 0 Å². The van der Waals surface area contributed by atoms with Crippen LogP contribution in [-0.4, -0.2) is 76.5 Å². The van der Waals surface area contributed by atoms with Crippen molar-refractivity contribution in [2.24, 2.45) is 17.3 Å². The largest absolute Gasteiger partial charge is 0.508 e. The van der Waals surface area contributed by atoms with E-state index in [9.17, 15) is 19.2 Å². The van der Waals surface area contributed by atoms with Crippen LogP contribution < -0.4 is 0 Å². The van der Waals surface area contributed by atoms with Crippen LogP contribution in [0.25, 0.3) is 6.08 Å². The Labute approximate surface area is 377 Å². The normalized spacial score (nSPS) is 24.6. The van der Waals surface area contributed by atoms with Gasteiger partial charge in [-0.3, -0.25) is 9.59 Å². The summed E-state index contributed by atoms with van der Waals surface area (Å²) in [5.41, 5.74) is 0.930. The zero-order valence-corrected chi connectivity index (χ0v) is 40.7. The lowest BCUT2D eigenvalue weighted by molar-refractivity contribution is -0.153. The fourth-order valence-electron chi connectivity index (χ4n) is 6.37. The van der Waals surface area contributed by atoms with Gasteiger partial charge >= 0.3 is 18.3 Å². The second kappa shape index (κ2) is 23.6. The van der Waals surface area contributed by atoms with Crippen molar-refractivity contribution in [1.29, 1.82) is 0 Å². The highest BCUT2D eigenvalue weighted by Crippen LogP contribution is 2.38. The number of ketones is 1. The smallest absolute Gasteiger partial charge is 0.457 e. The Morgan fingerprint density at radius 2 is 1.55 bits per heavy atom. The lowest BCUT2D eigenvalue weighted by Gasteiger charge is -2.42. The number of Topliss-reactive ketones (excluding diaryl/α,β-unsaturated/α-hetero) is 1. The van der Waals surface area contributed by atoms with E-state index in [1.807, 2.05) is 39.0 Å². The number of ether oxygens (including phenoxy) is 5. The highest BCUT2D eigenvalue weighted by Gasteiger charge is 2.48. The van der Waals surface area contributed by atoms with E-state index in [4.69, 9.17) is 97.7 Å². The molecule has 0 aromatic carbocycles. The van der Waals surface area contributed by atoms with Crippen molar-refractivity contribution in [3.05, 3.63) is 45.5 Å². The van der Waals surface area contributed by atoms with Crippen molar-refractivity contribution < 1.29 is 47.3 Å². The first-order valence-corrected chi connectivity index (χ1v) is 24.7. The predicted molar refractivity (Wildman–Crippen MR) is 235 cm³/mol. The molecule has 0 bridgehead atoms. The number of nitrogens with zero attached hydrogens (tertiary/aromatic N) is 1. The molecule has 19 heteroatoms. The summed E-state index contributed by atoms with van der Waals surface area (Å²) in [5.74, 6) is -1.99. The molecule has 11 nitrogen and oxygen atoms in total. The molecule has 1 aromatic rings.